The second-order valence-corrected chi connectivity index (χ2v) is 6.37. The van der Waals surface area contributed by atoms with Crippen molar-refractivity contribution in [3.05, 3.63) is 45.8 Å². The average Bonchev–Trinajstić information content (AvgIpc) is 2.70. The highest BCUT2D eigenvalue weighted by molar-refractivity contribution is 7.15. The molecule has 0 fully saturated rings. The molecule has 0 radical (unpaired) electrons. The van der Waals surface area contributed by atoms with Gasteiger partial charge in [-0.05, 0) is 56.2 Å². The minimum atomic E-state index is -0.282. The van der Waals surface area contributed by atoms with E-state index in [2.05, 4.69) is 19.1 Å². The molecule has 0 aliphatic carbocycles. The third kappa shape index (κ3) is 2.71. The van der Waals surface area contributed by atoms with Crippen molar-refractivity contribution in [1.29, 1.82) is 0 Å². The third-order valence-electron chi connectivity index (χ3n) is 2.71. The first-order valence-electron chi connectivity index (χ1n) is 5.53. The van der Waals surface area contributed by atoms with Gasteiger partial charge in [-0.15, -0.1) is 11.3 Å². The summed E-state index contributed by atoms with van der Waals surface area (Å²) in [5.74, 6) is 0. The summed E-state index contributed by atoms with van der Waals surface area (Å²) in [7, 11) is 0. The zero-order chi connectivity index (χ0) is 12.6. The maximum Gasteiger partial charge on any atom is 0.0446 e. The van der Waals surface area contributed by atoms with Gasteiger partial charge in [0.2, 0.25) is 0 Å². The molecule has 2 aromatic rings. The van der Waals surface area contributed by atoms with E-state index in [1.807, 2.05) is 32.0 Å². The van der Waals surface area contributed by atoms with E-state index in [1.165, 1.54) is 20.9 Å². The summed E-state index contributed by atoms with van der Waals surface area (Å²) in [5, 5.41) is 0.771. The van der Waals surface area contributed by atoms with Crippen LogP contribution in [0.4, 0.5) is 0 Å². The highest BCUT2D eigenvalue weighted by Gasteiger charge is 2.17. The van der Waals surface area contributed by atoms with Crippen LogP contribution in [0.5, 0.6) is 0 Å². The molecule has 0 spiro atoms. The Labute approximate surface area is 111 Å². The first-order chi connectivity index (χ1) is 7.88. The quantitative estimate of drug-likeness (QED) is 0.846. The standard InChI is InChI=1S/C14H16ClNS/c1-9-4-5-10(15)8-11(9)12-6-7-13(17-12)14(2,3)16/h4-8H,16H2,1-3H3. The number of rotatable bonds is 2. The van der Waals surface area contributed by atoms with Crippen LogP contribution in [-0.2, 0) is 5.54 Å². The Kier molecular flexibility index (Phi) is 3.30. The van der Waals surface area contributed by atoms with Gasteiger partial charge in [0.05, 0.1) is 0 Å². The van der Waals surface area contributed by atoms with Gasteiger partial charge in [-0.1, -0.05) is 17.7 Å². The highest BCUT2D eigenvalue weighted by Crippen LogP contribution is 2.35. The number of thiophene rings is 1. The molecule has 2 rings (SSSR count). The topological polar surface area (TPSA) is 26.0 Å². The van der Waals surface area contributed by atoms with Gasteiger partial charge >= 0.3 is 0 Å². The summed E-state index contributed by atoms with van der Waals surface area (Å²) in [6, 6.07) is 10.2. The number of benzene rings is 1. The summed E-state index contributed by atoms with van der Waals surface area (Å²) in [4.78, 5) is 2.41. The van der Waals surface area contributed by atoms with Crippen molar-refractivity contribution in [3.63, 3.8) is 0 Å². The van der Waals surface area contributed by atoms with Gasteiger partial charge in [0.25, 0.3) is 0 Å². The first-order valence-corrected chi connectivity index (χ1v) is 6.73. The van der Waals surface area contributed by atoms with Crippen LogP contribution in [0, 0.1) is 6.92 Å². The van der Waals surface area contributed by atoms with Crippen molar-refractivity contribution in [2.75, 3.05) is 0 Å². The number of nitrogens with two attached hydrogens (primary N) is 1. The summed E-state index contributed by atoms with van der Waals surface area (Å²) < 4.78 is 0. The minimum Gasteiger partial charge on any atom is -0.321 e. The zero-order valence-corrected chi connectivity index (χ0v) is 11.8. The summed E-state index contributed by atoms with van der Waals surface area (Å²) in [6.07, 6.45) is 0. The lowest BCUT2D eigenvalue weighted by molar-refractivity contribution is 0.567. The normalized spacial score (nSPS) is 11.8. The lowest BCUT2D eigenvalue weighted by Crippen LogP contribution is -2.27. The monoisotopic (exact) mass is 265 g/mol. The molecule has 0 bridgehead atoms. The zero-order valence-electron chi connectivity index (χ0n) is 10.3. The largest absolute Gasteiger partial charge is 0.321 e. The fraction of sp³-hybridized carbons (Fsp3) is 0.286. The van der Waals surface area contributed by atoms with Gasteiger partial charge in [-0.25, -0.2) is 0 Å². The molecule has 1 aromatic heterocycles. The van der Waals surface area contributed by atoms with Gasteiger partial charge in [0.15, 0.2) is 0 Å². The third-order valence-corrected chi connectivity index (χ3v) is 4.40. The second-order valence-electron chi connectivity index (χ2n) is 4.84. The molecule has 1 nitrogen and oxygen atoms in total. The molecule has 3 heteroatoms. The van der Waals surface area contributed by atoms with Crippen molar-refractivity contribution in [2.24, 2.45) is 5.73 Å². The summed E-state index contributed by atoms with van der Waals surface area (Å²) in [5.41, 5.74) is 8.24. The predicted octanol–water partition coefficient (Wildman–Crippen LogP) is 4.57. The van der Waals surface area contributed by atoms with Crippen LogP contribution >= 0.6 is 22.9 Å². The van der Waals surface area contributed by atoms with Crippen molar-refractivity contribution < 1.29 is 0 Å². The van der Waals surface area contributed by atoms with E-state index in [0.29, 0.717) is 0 Å². The Morgan fingerprint density at radius 1 is 1.18 bits per heavy atom. The SMILES string of the molecule is Cc1ccc(Cl)cc1-c1ccc(C(C)(C)N)s1. The Morgan fingerprint density at radius 3 is 2.47 bits per heavy atom. The second kappa shape index (κ2) is 4.45. The molecular formula is C14H16ClNS. The van der Waals surface area contributed by atoms with E-state index >= 15 is 0 Å². The lowest BCUT2D eigenvalue weighted by atomic mass is 10.0. The van der Waals surface area contributed by atoms with E-state index in [0.717, 1.165) is 5.02 Å². The molecule has 0 unspecified atom stereocenters. The Hall–Kier alpha value is -0.830. The van der Waals surface area contributed by atoms with Crippen molar-refractivity contribution in [1.82, 2.24) is 0 Å². The van der Waals surface area contributed by atoms with Crippen LogP contribution in [0.15, 0.2) is 30.3 Å². The molecule has 0 saturated heterocycles. The van der Waals surface area contributed by atoms with E-state index in [9.17, 15) is 0 Å². The Balaban J connectivity index is 2.47. The number of hydrogen-bond donors (Lipinski definition) is 1. The van der Waals surface area contributed by atoms with Crippen LogP contribution in [0.3, 0.4) is 0 Å². The molecule has 0 atom stereocenters. The molecule has 0 aliphatic heterocycles. The maximum atomic E-state index is 6.10. The molecule has 1 aromatic carbocycles. The molecule has 90 valence electrons. The van der Waals surface area contributed by atoms with Crippen molar-refractivity contribution in [3.8, 4) is 10.4 Å². The highest BCUT2D eigenvalue weighted by atomic mass is 35.5. The molecular weight excluding hydrogens is 250 g/mol. The molecule has 2 N–H and O–H groups in total. The van der Waals surface area contributed by atoms with E-state index < -0.39 is 0 Å². The molecule has 0 aliphatic rings. The molecule has 17 heavy (non-hydrogen) atoms. The van der Waals surface area contributed by atoms with E-state index in [1.54, 1.807) is 11.3 Å². The lowest BCUT2D eigenvalue weighted by Gasteiger charge is -2.15. The van der Waals surface area contributed by atoms with Crippen molar-refractivity contribution >= 4 is 22.9 Å². The fourth-order valence-electron chi connectivity index (χ4n) is 1.69. The van der Waals surface area contributed by atoms with Gasteiger partial charge < -0.3 is 5.73 Å². The van der Waals surface area contributed by atoms with E-state index in [-0.39, 0.29) is 5.54 Å². The fourth-order valence-corrected chi connectivity index (χ4v) is 2.96. The van der Waals surface area contributed by atoms with Gasteiger partial charge in [-0.3, -0.25) is 0 Å². The first kappa shape index (κ1) is 12.6. The smallest absolute Gasteiger partial charge is 0.0446 e. The molecule has 0 amide bonds. The van der Waals surface area contributed by atoms with Crippen LogP contribution in [0.2, 0.25) is 5.02 Å². The Morgan fingerprint density at radius 2 is 1.88 bits per heavy atom. The minimum absolute atomic E-state index is 0.282. The summed E-state index contributed by atoms with van der Waals surface area (Å²) in [6.45, 7) is 6.14. The molecule has 0 saturated carbocycles. The number of halogens is 1. The van der Waals surface area contributed by atoms with Crippen LogP contribution in [0.25, 0.3) is 10.4 Å². The maximum absolute atomic E-state index is 6.10. The molecule has 1 heterocycles. The average molecular weight is 266 g/mol. The summed E-state index contributed by atoms with van der Waals surface area (Å²) >= 11 is 7.78. The number of aryl methyl sites for hydroxylation is 1. The van der Waals surface area contributed by atoms with Crippen LogP contribution in [-0.4, -0.2) is 0 Å². The van der Waals surface area contributed by atoms with E-state index in [4.69, 9.17) is 17.3 Å². The van der Waals surface area contributed by atoms with Crippen LogP contribution < -0.4 is 5.73 Å². The van der Waals surface area contributed by atoms with Gasteiger partial charge in [-0.2, -0.15) is 0 Å². The van der Waals surface area contributed by atoms with Crippen molar-refractivity contribution in [2.45, 2.75) is 26.3 Å². The predicted molar refractivity (Wildman–Crippen MR) is 76.7 cm³/mol. The van der Waals surface area contributed by atoms with Gasteiger partial charge in [0, 0.05) is 20.3 Å². The van der Waals surface area contributed by atoms with Gasteiger partial charge in [0.1, 0.15) is 0 Å². The number of hydrogen-bond acceptors (Lipinski definition) is 2. The van der Waals surface area contributed by atoms with Crippen LogP contribution in [0.1, 0.15) is 24.3 Å². The Bertz CT molecular complexity index is 537.